The van der Waals surface area contributed by atoms with E-state index in [9.17, 15) is 4.79 Å². The summed E-state index contributed by atoms with van der Waals surface area (Å²) in [6, 6.07) is 0.604. The molecule has 1 aliphatic rings. The fraction of sp³-hybridized carbons (Fsp3) is 0.600. The Morgan fingerprint density at radius 2 is 2.50 bits per heavy atom. The summed E-state index contributed by atoms with van der Waals surface area (Å²) < 4.78 is 1.72. The van der Waals surface area contributed by atoms with Crippen LogP contribution >= 0.6 is 0 Å². The summed E-state index contributed by atoms with van der Waals surface area (Å²) in [5.41, 5.74) is 0.995. The highest BCUT2D eigenvalue weighted by molar-refractivity contribution is 5.82. The van der Waals surface area contributed by atoms with Gasteiger partial charge < -0.3 is 5.32 Å². The molecule has 4 nitrogen and oxygen atoms in total. The Balaban J connectivity index is 1.75. The van der Waals surface area contributed by atoms with Crippen LogP contribution in [0.15, 0.2) is 12.4 Å². The van der Waals surface area contributed by atoms with Crippen molar-refractivity contribution in [2.24, 2.45) is 7.05 Å². The van der Waals surface area contributed by atoms with Gasteiger partial charge in [-0.2, -0.15) is 5.10 Å². The molecule has 14 heavy (non-hydrogen) atoms. The van der Waals surface area contributed by atoms with Crippen LogP contribution in [-0.2, 0) is 18.3 Å². The van der Waals surface area contributed by atoms with E-state index in [4.69, 9.17) is 0 Å². The molecule has 1 fully saturated rings. The van der Waals surface area contributed by atoms with Crippen LogP contribution in [0.3, 0.4) is 0 Å². The van der Waals surface area contributed by atoms with E-state index in [1.165, 1.54) is 12.8 Å². The number of Topliss-reactive ketones (excluding diaryl/α,β-unsaturated/α-hetero) is 1. The summed E-state index contributed by atoms with van der Waals surface area (Å²) >= 11 is 0. The van der Waals surface area contributed by atoms with Crippen LogP contribution in [0.25, 0.3) is 0 Å². The van der Waals surface area contributed by atoms with E-state index in [0.29, 0.717) is 19.0 Å². The molecule has 1 aromatic rings. The first-order chi connectivity index (χ1) is 6.74. The van der Waals surface area contributed by atoms with Crippen LogP contribution in [-0.4, -0.2) is 28.2 Å². The van der Waals surface area contributed by atoms with Crippen LogP contribution in [0.4, 0.5) is 0 Å². The first kappa shape index (κ1) is 9.40. The molecule has 0 radical (unpaired) electrons. The Hall–Kier alpha value is -1.16. The number of rotatable bonds is 5. The number of hydrogen-bond acceptors (Lipinski definition) is 3. The highest BCUT2D eigenvalue weighted by atomic mass is 16.1. The van der Waals surface area contributed by atoms with Crippen molar-refractivity contribution in [3.8, 4) is 0 Å². The van der Waals surface area contributed by atoms with Gasteiger partial charge in [-0.3, -0.25) is 9.48 Å². The molecule has 0 spiro atoms. The van der Waals surface area contributed by atoms with Gasteiger partial charge in [0.05, 0.1) is 12.7 Å². The van der Waals surface area contributed by atoms with Gasteiger partial charge in [-0.1, -0.05) is 0 Å². The van der Waals surface area contributed by atoms with Gasteiger partial charge in [0.15, 0.2) is 5.78 Å². The number of nitrogens with one attached hydrogen (secondary N) is 1. The quantitative estimate of drug-likeness (QED) is 0.731. The predicted octanol–water partition coefficient (Wildman–Crippen LogP) is 0.284. The highest BCUT2D eigenvalue weighted by Gasteiger charge is 2.21. The number of carbonyl (C=O) groups is 1. The molecule has 0 saturated heterocycles. The standard InChI is InChI=1S/C10H15N3O/c1-13-7-8(5-12-13)4-10(14)6-11-9-2-3-9/h5,7,9,11H,2-4,6H2,1H3. The largest absolute Gasteiger partial charge is 0.307 e. The van der Waals surface area contributed by atoms with Crippen molar-refractivity contribution < 1.29 is 4.79 Å². The van der Waals surface area contributed by atoms with Crippen LogP contribution in [0, 0.1) is 0 Å². The predicted molar refractivity (Wildman–Crippen MR) is 52.9 cm³/mol. The Morgan fingerprint density at radius 3 is 3.07 bits per heavy atom. The summed E-state index contributed by atoms with van der Waals surface area (Å²) in [5, 5.41) is 7.23. The number of aromatic nitrogens is 2. The van der Waals surface area contributed by atoms with Gasteiger partial charge in [0.25, 0.3) is 0 Å². The lowest BCUT2D eigenvalue weighted by atomic mass is 10.2. The van der Waals surface area contributed by atoms with Crippen LogP contribution in [0.2, 0.25) is 0 Å². The van der Waals surface area contributed by atoms with Gasteiger partial charge in [0, 0.05) is 25.7 Å². The zero-order valence-corrected chi connectivity index (χ0v) is 8.36. The van der Waals surface area contributed by atoms with Crippen molar-refractivity contribution in [1.29, 1.82) is 0 Å². The van der Waals surface area contributed by atoms with E-state index >= 15 is 0 Å². The van der Waals surface area contributed by atoms with E-state index < -0.39 is 0 Å². The van der Waals surface area contributed by atoms with Gasteiger partial charge in [0.2, 0.25) is 0 Å². The van der Waals surface area contributed by atoms with Crippen LogP contribution in [0.5, 0.6) is 0 Å². The molecule has 0 atom stereocenters. The molecule has 0 unspecified atom stereocenters. The van der Waals surface area contributed by atoms with Crippen molar-refractivity contribution >= 4 is 5.78 Å². The van der Waals surface area contributed by atoms with Gasteiger partial charge in [0.1, 0.15) is 0 Å². The van der Waals surface area contributed by atoms with Crippen molar-refractivity contribution in [2.45, 2.75) is 25.3 Å². The second-order valence-electron chi connectivity index (χ2n) is 3.89. The molecule has 4 heteroatoms. The molecule has 0 aromatic carbocycles. The third-order valence-corrected chi connectivity index (χ3v) is 2.32. The Kier molecular flexibility index (Phi) is 2.63. The number of carbonyl (C=O) groups excluding carboxylic acids is 1. The minimum atomic E-state index is 0.241. The number of nitrogens with zero attached hydrogens (tertiary/aromatic N) is 2. The zero-order valence-electron chi connectivity index (χ0n) is 8.36. The smallest absolute Gasteiger partial charge is 0.151 e. The molecular formula is C10H15N3O. The third kappa shape index (κ3) is 2.67. The second kappa shape index (κ2) is 3.92. The van der Waals surface area contributed by atoms with Crippen LogP contribution in [0.1, 0.15) is 18.4 Å². The molecule has 1 saturated carbocycles. The molecular weight excluding hydrogens is 178 g/mol. The molecule has 0 bridgehead atoms. The lowest BCUT2D eigenvalue weighted by Crippen LogP contribution is -2.25. The SMILES string of the molecule is Cn1cc(CC(=O)CNC2CC2)cn1. The van der Waals surface area contributed by atoms with Crippen LogP contribution < -0.4 is 5.32 Å². The van der Waals surface area contributed by atoms with E-state index in [1.807, 2.05) is 13.2 Å². The van der Waals surface area contributed by atoms with Gasteiger partial charge in [-0.15, -0.1) is 0 Å². The van der Waals surface area contributed by atoms with E-state index in [1.54, 1.807) is 10.9 Å². The molecule has 1 heterocycles. The van der Waals surface area contributed by atoms with Crippen molar-refractivity contribution in [3.63, 3.8) is 0 Å². The normalized spacial score (nSPS) is 15.8. The maximum Gasteiger partial charge on any atom is 0.151 e. The maximum atomic E-state index is 11.5. The van der Waals surface area contributed by atoms with Gasteiger partial charge in [-0.05, 0) is 18.4 Å². The lowest BCUT2D eigenvalue weighted by molar-refractivity contribution is -0.117. The lowest BCUT2D eigenvalue weighted by Gasteiger charge is -1.99. The molecule has 0 amide bonds. The number of ketones is 1. The van der Waals surface area contributed by atoms with Crippen molar-refractivity contribution in [1.82, 2.24) is 15.1 Å². The molecule has 76 valence electrons. The Labute approximate surface area is 83.3 Å². The number of aryl methyl sites for hydroxylation is 1. The van der Waals surface area contributed by atoms with Crippen molar-refractivity contribution in [3.05, 3.63) is 18.0 Å². The average Bonchev–Trinajstić information content (AvgIpc) is 2.88. The molecule has 1 aliphatic carbocycles. The molecule has 2 rings (SSSR count). The third-order valence-electron chi connectivity index (χ3n) is 2.32. The van der Waals surface area contributed by atoms with E-state index in [-0.39, 0.29) is 5.78 Å². The molecule has 1 aromatic heterocycles. The average molecular weight is 193 g/mol. The monoisotopic (exact) mass is 193 g/mol. The van der Waals surface area contributed by atoms with Gasteiger partial charge >= 0.3 is 0 Å². The molecule has 1 N–H and O–H groups in total. The summed E-state index contributed by atoms with van der Waals surface area (Å²) in [7, 11) is 1.86. The Bertz CT molecular complexity index is 328. The fourth-order valence-corrected chi connectivity index (χ4v) is 1.40. The van der Waals surface area contributed by atoms with E-state index in [0.717, 1.165) is 5.56 Å². The first-order valence-corrected chi connectivity index (χ1v) is 4.96. The minimum Gasteiger partial charge on any atom is -0.307 e. The summed E-state index contributed by atoms with van der Waals surface area (Å²) in [6.45, 7) is 0.500. The van der Waals surface area contributed by atoms with E-state index in [2.05, 4.69) is 10.4 Å². The number of hydrogen-bond donors (Lipinski definition) is 1. The fourth-order valence-electron chi connectivity index (χ4n) is 1.40. The summed E-state index contributed by atoms with van der Waals surface area (Å²) in [6.07, 6.45) is 6.57. The summed E-state index contributed by atoms with van der Waals surface area (Å²) in [5.74, 6) is 0.241. The highest BCUT2D eigenvalue weighted by Crippen LogP contribution is 2.18. The topological polar surface area (TPSA) is 46.9 Å². The minimum absolute atomic E-state index is 0.241. The molecule has 0 aliphatic heterocycles. The zero-order chi connectivity index (χ0) is 9.97. The maximum absolute atomic E-state index is 11.5. The summed E-state index contributed by atoms with van der Waals surface area (Å²) in [4.78, 5) is 11.5. The Morgan fingerprint density at radius 1 is 1.71 bits per heavy atom. The van der Waals surface area contributed by atoms with Gasteiger partial charge in [-0.25, -0.2) is 0 Å². The first-order valence-electron chi connectivity index (χ1n) is 4.96. The second-order valence-corrected chi connectivity index (χ2v) is 3.89. The van der Waals surface area contributed by atoms with Crippen molar-refractivity contribution in [2.75, 3.05) is 6.54 Å².